The maximum atomic E-state index is 11.4. The highest BCUT2D eigenvalue weighted by molar-refractivity contribution is 6.08. The summed E-state index contributed by atoms with van der Waals surface area (Å²) >= 11 is 0. The Hall–Kier alpha value is -2.94. The van der Waals surface area contributed by atoms with E-state index < -0.39 is 0 Å². The Balaban J connectivity index is 1.65. The van der Waals surface area contributed by atoms with Crippen LogP contribution < -0.4 is 4.74 Å². The number of nitrogens with zero attached hydrogens (tertiary/aromatic N) is 1. The quantitative estimate of drug-likeness (QED) is 0.599. The molecule has 3 aromatic rings. The molecular formula is C24H23NO2. The first-order valence-electron chi connectivity index (χ1n) is 9.26. The SMILES string of the molecule is CC(=O)c1ccc(OCC2=NC(C)(C)Cc3c2ccc2ccccc32)cc1. The number of hydrogen-bond acceptors (Lipinski definition) is 3. The third-order valence-electron chi connectivity index (χ3n) is 5.03. The Morgan fingerprint density at radius 3 is 2.52 bits per heavy atom. The van der Waals surface area contributed by atoms with Gasteiger partial charge in [0.15, 0.2) is 5.78 Å². The molecule has 0 spiro atoms. The van der Waals surface area contributed by atoms with E-state index in [0.29, 0.717) is 12.2 Å². The number of carbonyl (C=O) groups is 1. The minimum atomic E-state index is -0.158. The number of ketones is 1. The molecule has 0 N–H and O–H groups in total. The van der Waals surface area contributed by atoms with E-state index >= 15 is 0 Å². The van der Waals surface area contributed by atoms with E-state index in [1.54, 1.807) is 19.1 Å². The summed E-state index contributed by atoms with van der Waals surface area (Å²) in [5, 5.41) is 2.55. The first kappa shape index (κ1) is 17.5. The van der Waals surface area contributed by atoms with Crippen molar-refractivity contribution in [2.45, 2.75) is 32.7 Å². The predicted octanol–water partition coefficient (Wildman–Crippen LogP) is 5.25. The van der Waals surface area contributed by atoms with Crippen LogP contribution in [0.25, 0.3) is 10.8 Å². The van der Waals surface area contributed by atoms with Gasteiger partial charge in [0.2, 0.25) is 0 Å². The average Bonchev–Trinajstić information content (AvgIpc) is 2.65. The van der Waals surface area contributed by atoms with Gasteiger partial charge in [-0.05, 0) is 67.8 Å². The molecule has 3 nitrogen and oxygen atoms in total. The molecule has 1 aliphatic heterocycles. The van der Waals surface area contributed by atoms with E-state index in [0.717, 1.165) is 17.9 Å². The van der Waals surface area contributed by atoms with Crippen molar-refractivity contribution in [3.63, 3.8) is 0 Å². The minimum Gasteiger partial charge on any atom is -0.487 e. The molecule has 0 amide bonds. The smallest absolute Gasteiger partial charge is 0.159 e. The lowest BCUT2D eigenvalue weighted by Crippen LogP contribution is -2.31. The molecule has 3 heteroatoms. The van der Waals surface area contributed by atoms with Crippen LogP contribution in [0, 0.1) is 0 Å². The molecule has 0 aromatic heterocycles. The lowest BCUT2D eigenvalue weighted by atomic mass is 9.84. The highest BCUT2D eigenvalue weighted by Gasteiger charge is 2.28. The van der Waals surface area contributed by atoms with Crippen LogP contribution in [0.5, 0.6) is 5.75 Å². The van der Waals surface area contributed by atoms with E-state index in [4.69, 9.17) is 9.73 Å². The van der Waals surface area contributed by atoms with Gasteiger partial charge in [0.1, 0.15) is 12.4 Å². The van der Waals surface area contributed by atoms with Gasteiger partial charge in [-0.2, -0.15) is 0 Å². The van der Waals surface area contributed by atoms with Gasteiger partial charge in [-0.25, -0.2) is 0 Å². The van der Waals surface area contributed by atoms with Gasteiger partial charge in [-0.15, -0.1) is 0 Å². The van der Waals surface area contributed by atoms with Gasteiger partial charge in [-0.3, -0.25) is 9.79 Å². The lowest BCUT2D eigenvalue weighted by Gasteiger charge is -2.30. The van der Waals surface area contributed by atoms with E-state index in [-0.39, 0.29) is 11.3 Å². The normalized spacial score (nSPS) is 15.1. The molecule has 0 radical (unpaired) electrons. The van der Waals surface area contributed by atoms with Crippen LogP contribution in [-0.2, 0) is 6.42 Å². The van der Waals surface area contributed by atoms with Gasteiger partial charge < -0.3 is 4.74 Å². The average molecular weight is 357 g/mol. The highest BCUT2D eigenvalue weighted by atomic mass is 16.5. The standard InChI is InChI=1S/C24H23NO2/c1-16(26)17-8-11-19(12-9-17)27-15-23-21-13-10-18-6-4-5-7-20(18)22(21)14-24(2,3)25-23/h4-13H,14-15H2,1-3H3. The Kier molecular flexibility index (Phi) is 4.31. The summed E-state index contributed by atoms with van der Waals surface area (Å²) in [6.45, 7) is 6.31. The molecular weight excluding hydrogens is 334 g/mol. The molecule has 0 fully saturated rings. The molecule has 0 aliphatic carbocycles. The molecule has 0 atom stereocenters. The minimum absolute atomic E-state index is 0.0563. The number of aliphatic imine (C=N–C) groups is 1. The van der Waals surface area contributed by atoms with Crippen molar-refractivity contribution in [2.75, 3.05) is 6.61 Å². The van der Waals surface area contributed by atoms with Crippen molar-refractivity contribution >= 4 is 22.3 Å². The zero-order chi connectivity index (χ0) is 19.0. The van der Waals surface area contributed by atoms with Crippen LogP contribution in [0.15, 0.2) is 65.7 Å². The number of benzene rings is 3. The third-order valence-corrected chi connectivity index (χ3v) is 5.03. The molecule has 1 aliphatic rings. The second kappa shape index (κ2) is 6.66. The van der Waals surface area contributed by atoms with Crippen LogP contribution in [0.1, 0.15) is 42.3 Å². The summed E-state index contributed by atoms with van der Waals surface area (Å²) in [5.41, 5.74) is 4.03. The van der Waals surface area contributed by atoms with Gasteiger partial charge in [-0.1, -0.05) is 36.4 Å². The zero-order valence-corrected chi connectivity index (χ0v) is 16.0. The number of hydrogen-bond donors (Lipinski definition) is 0. The molecule has 0 saturated carbocycles. The second-order valence-electron chi connectivity index (χ2n) is 7.73. The van der Waals surface area contributed by atoms with Gasteiger partial charge >= 0.3 is 0 Å². The van der Waals surface area contributed by atoms with Gasteiger partial charge in [0.05, 0.1) is 11.3 Å². The first-order chi connectivity index (χ1) is 12.9. The predicted molar refractivity (Wildman–Crippen MR) is 110 cm³/mol. The summed E-state index contributed by atoms with van der Waals surface area (Å²) in [5.74, 6) is 0.800. The summed E-state index contributed by atoms with van der Waals surface area (Å²) in [4.78, 5) is 16.4. The van der Waals surface area contributed by atoms with Gasteiger partial charge in [0, 0.05) is 11.1 Å². The van der Waals surface area contributed by atoms with Crippen molar-refractivity contribution in [2.24, 2.45) is 4.99 Å². The lowest BCUT2D eigenvalue weighted by molar-refractivity contribution is 0.101. The molecule has 0 saturated heterocycles. The van der Waals surface area contributed by atoms with Gasteiger partial charge in [0.25, 0.3) is 0 Å². The van der Waals surface area contributed by atoms with Crippen LogP contribution in [0.2, 0.25) is 0 Å². The van der Waals surface area contributed by atoms with Crippen molar-refractivity contribution in [3.05, 3.63) is 77.4 Å². The Morgan fingerprint density at radius 1 is 1.04 bits per heavy atom. The first-order valence-corrected chi connectivity index (χ1v) is 9.26. The van der Waals surface area contributed by atoms with E-state index in [1.165, 1.54) is 21.9 Å². The van der Waals surface area contributed by atoms with Crippen LogP contribution in [0.3, 0.4) is 0 Å². The number of ether oxygens (including phenoxy) is 1. The van der Waals surface area contributed by atoms with E-state index in [9.17, 15) is 4.79 Å². The summed E-state index contributed by atoms with van der Waals surface area (Å²) < 4.78 is 6.00. The third kappa shape index (κ3) is 3.50. The number of carbonyl (C=O) groups excluding carboxylic acids is 1. The zero-order valence-electron chi connectivity index (χ0n) is 16.0. The van der Waals surface area contributed by atoms with Crippen LogP contribution >= 0.6 is 0 Å². The fourth-order valence-corrected chi connectivity index (χ4v) is 3.74. The number of fused-ring (bicyclic) bond motifs is 3. The Morgan fingerprint density at radius 2 is 1.78 bits per heavy atom. The maximum Gasteiger partial charge on any atom is 0.159 e. The van der Waals surface area contributed by atoms with Crippen LogP contribution in [-0.4, -0.2) is 23.6 Å². The fraction of sp³-hybridized carbons (Fsp3) is 0.250. The summed E-state index contributed by atoms with van der Waals surface area (Å²) in [6, 6.07) is 20.1. The molecule has 3 aromatic carbocycles. The monoisotopic (exact) mass is 357 g/mol. The van der Waals surface area contributed by atoms with Crippen molar-refractivity contribution in [1.29, 1.82) is 0 Å². The second-order valence-corrected chi connectivity index (χ2v) is 7.73. The number of Topliss-reactive ketones (excluding diaryl/α,β-unsaturated/α-hetero) is 1. The maximum absolute atomic E-state index is 11.4. The van der Waals surface area contributed by atoms with E-state index in [1.807, 2.05) is 12.1 Å². The molecule has 0 bridgehead atoms. The van der Waals surface area contributed by atoms with Crippen molar-refractivity contribution in [3.8, 4) is 5.75 Å². The molecule has 0 unspecified atom stereocenters. The highest BCUT2D eigenvalue weighted by Crippen LogP contribution is 2.32. The Labute approximate surface area is 159 Å². The molecule has 4 rings (SSSR count). The molecule has 27 heavy (non-hydrogen) atoms. The topological polar surface area (TPSA) is 38.7 Å². The summed E-state index contributed by atoms with van der Waals surface area (Å²) in [6.07, 6.45) is 0.917. The molecule has 136 valence electrons. The van der Waals surface area contributed by atoms with Crippen molar-refractivity contribution in [1.82, 2.24) is 0 Å². The van der Waals surface area contributed by atoms with E-state index in [2.05, 4.69) is 50.2 Å². The largest absolute Gasteiger partial charge is 0.487 e. The fourth-order valence-electron chi connectivity index (χ4n) is 3.74. The number of rotatable bonds is 4. The summed E-state index contributed by atoms with van der Waals surface area (Å²) in [7, 11) is 0. The van der Waals surface area contributed by atoms with Crippen LogP contribution in [0.4, 0.5) is 0 Å². The Bertz CT molecular complexity index is 1050. The van der Waals surface area contributed by atoms with Crippen molar-refractivity contribution < 1.29 is 9.53 Å². The molecule has 1 heterocycles.